The number of nitrogens with zero attached hydrogens (tertiary/aromatic N) is 6. The van der Waals surface area contributed by atoms with Crippen molar-refractivity contribution in [1.29, 1.82) is 0 Å². The quantitative estimate of drug-likeness (QED) is 0.789. The van der Waals surface area contributed by atoms with E-state index in [1.165, 1.54) is 4.68 Å². The second-order valence-corrected chi connectivity index (χ2v) is 4.81. The highest BCUT2D eigenvalue weighted by atomic mass is 35.5. The Kier molecular flexibility index (Phi) is 3.34. The number of hydrogen-bond acceptors (Lipinski definition) is 7. The molecule has 1 N–H and O–H groups in total. The second-order valence-electron chi connectivity index (χ2n) is 3.50. The zero-order valence-electron chi connectivity index (χ0n) is 9.56. The summed E-state index contributed by atoms with van der Waals surface area (Å²) in [6, 6.07) is 1.78. The van der Waals surface area contributed by atoms with Gasteiger partial charge in [-0.2, -0.15) is 20.1 Å². The van der Waals surface area contributed by atoms with Crippen LogP contribution in [0.1, 0.15) is 4.88 Å². The average Bonchev–Trinajstić information content (AvgIpc) is 3.09. The molecule has 0 fully saturated rings. The van der Waals surface area contributed by atoms with Gasteiger partial charge in [-0.3, -0.25) is 4.98 Å². The van der Waals surface area contributed by atoms with Crippen LogP contribution in [0.15, 0.2) is 30.2 Å². The van der Waals surface area contributed by atoms with Crippen LogP contribution in [0, 0.1) is 0 Å². The lowest BCUT2D eigenvalue weighted by molar-refractivity contribution is 0.795. The summed E-state index contributed by atoms with van der Waals surface area (Å²) in [6.45, 7) is 0.587. The lowest BCUT2D eigenvalue weighted by Gasteiger charge is -2.05. The van der Waals surface area contributed by atoms with Gasteiger partial charge in [-0.05, 0) is 17.7 Å². The Labute approximate surface area is 117 Å². The first-order valence-electron chi connectivity index (χ1n) is 5.34. The molecule has 0 amide bonds. The van der Waals surface area contributed by atoms with Gasteiger partial charge in [0.15, 0.2) is 0 Å². The van der Waals surface area contributed by atoms with Crippen molar-refractivity contribution in [2.24, 2.45) is 0 Å². The first-order valence-corrected chi connectivity index (χ1v) is 6.60. The Bertz CT molecular complexity index is 653. The Morgan fingerprint density at radius 1 is 1.32 bits per heavy atom. The molecule has 3 heterocycles. The molecule has 0 spiro atoms. The standard InChI is InChI=1S/C10H8ClN7S/c11-8-15-9(13-5-7-4-12-6-19-7)17-10(16-8)18-3-1-2-14-18/h1-4,6H,5H2,(H,13,15,16,17). The summed E-state index contributed by atoms with van der Waals surface area (Å²) < 4.78 is 1.52. The smallest absolute Gasteiger partial charge is 0.256 e. The maximum absolute atomic E-state index is 5.87. The van der Waals surface area contributed by atoms with E-state index in [4.69, 9.17) is 11.6 Å². The fourth-order valence-electron chi connectivity index (χ4n) is 1.40. The summed E-state index contributed by atoms with van der Waals surface area (Å²) in [5.41, 5.74) is 1.77. The van der Waals surface area contributed by atoms with Crippen LogP contribution >= 0.6 is 22.9 Å². The Morgan fingerprint density at radius 3 is 3.00 bits per heavy atom. The average molecular weight is 294 g/mol. The van der Waals surface area contributed by atoms with Gasteiger partial charge in [0.05, 0.1) is 12.1 Å². The molecule has 3 rings (SSSR count). The Balaban J connectivity index is 1.82. The van der Waals surface area contributed by atoms with Gasteiger partial charge in [0, 0.05) is 23.5 Å². The van der Waals surface area contributed by atoms with Crippen molar-refractivity contribution >= 4 is 28.9 Å². The van der Waals surface area contributed by atoms with Crippen LogP contribution in [0.5, 0.6) is 0 Å². The minimum atomic E-state index is 0.118. The molecular weight excluding hydrogens is 286 g/mol. The van der Waals surface area contributed by atoms with Crippen LogP contribution in [-0.2, 0) is 6.54 Å². The molecule has 0 aliphatic heterocycles. The van der Waals surface area contributed by atoms with Crippen LogP contribution in [-0.4, -0.2) is 29.7 Å². The highest BCUT2D eigenvalue weighted by Crippen LogP contribution is 2.11. The van der Waals surface area contributed by atoms with Gasteiger partial charge < -0.3 is 5.32 Å². The van der Waals surface area contributed by atoms with Gasteiger partial charge in [0.25, 0.3) is 5.95 Å². The molecule has 3 aromatic rings. The molecule has 0 aliphatic carbocycles. The maximum atomic E-state index is 5.87. The molecule has 3 aromatic heterocycles. The van der Waals surface area contributed by atoms with Gasteiger partial charge in [-0.1, -0.05) is 0 Å². The van der Waals surface area contributed by atoms with Crippen molar-refractivity contribution in [2.75, 3.05) is 5.32 Å². The Hall–Kier alpha value is -2.06. The fraction of sp³-hybridized carbons (Fsp3) is 0.100. The number of anilines is 1. The van der Waals surface area contributed by atoms with Crippen molar-refractivity contribution in [2.45, 2.75) is 6.54 Å². The van der Waals surface area contributed by atoms with Crippen molar-refractivity contribution in [3.63, 3.8) is 0 Å². The van der Waals surface area contributed by atoms with Crippen LogP contribution < -0.4 is 5.32 Å². The maximum Gasteiger partial charge on any atom is 0.256 e. The molecule has 0 saturated carbocycles. The van der Waals surface area contributed by atoms with Crippen molar-refractivity contribution in [1.82, 2.24) is 29.7 Å². The molecule has 0 unspecified atom stereocenters. The predicted molar refractivity (Wildman–Crippen MR) is 71.4 cm³/mol. The van der Waals surface area contributed by atoms with Crippen LogP contribution in [0.25, 0.3) is 5.95 Å². The molecule has 0 radical (unpaired) electrons. The van der Waals surface area contributed by atoms with Crippen LogP contribution in [0.4, 0.5) is 5.95 Å². The molecule has 0 aliphatic rings. The zero-order valence-corrected chi connectivity index (χ0v) is 11.1. The van der Waals surface area contributed by atoms with Gasteiger partial charge in [0.1, 0.15) is 0 Å². The van der Waals surface area contributed by atoms with Gasteiger partial charge in [0.2, 0.25) is 11.2 Å². The summed E-state index contributed by atoms with van der Waals surface area (Å²) in [7, 11) is 0. The molecule has 9 heteroatoms. The zero-order chi connectivity index (χ0) is 13.1. The van der Waals surface area contributed by atoms with E-state index in [9.17, 15) is 0 Å². The third-order valence-corrected chi connectivity index (χ3v) is 3.16. The molecule has 0 atom stereocenters. The first kappa shape index (κ1) is 12.0. The molecule has 96 valence electrons. The highest BCUT2D eigenvalue weighted by Gasteiger charge is 2.07. The number of halogens is 1. The lowest BCUT2D eigenvalue weighted by Crippen LogP contribution is -2.08. The topological polar surface area (TPSA) is 81.4 Å². The van der Waals surface area contributed by atoms with E-state index in [0.717, 1.165) is 4.88 Å². The van der Waals surface area contributed by atoms with E-state index in [2.05, 4.69) is 30.4 Å². The van der Waals surface area contributed by atoms with E-state index in [1.54, 1.807) is 41.5 Å². The monoisotopic (exact) mass is 293 g/mol. The largest absolute Gasteiger partial charge is 0.349 e. The third kappa shape index (κ3) is 2.85. The van der Waals surface area contributed by atoms with E-state index in [0.29, 0.717) is 18.4 Å². The SMILES string of the molecule is Clc1nc(NCc2cncs2)nc(-n2cccn2)n1. The summed E-state index contributed by atoms with van der Waals surface area (Å²) in [4.78, 5) is 17.4. The van der Waals surface area contributed by atoms with Crippen molar-refractivity contribution < 1.29 is 0 Å². The second kappa shape index (κ2) is 5.29. The summed E-state index contributed by atoms with van der Waals surface area (Å²) >= 11 is 7.43. The van der Waals surface area contributed by atoms with Crippen LogP contribution in [0.3, 0.4) is 0 Å². The number of thiazole rings is 1. The molecule has 0 aromatic carbocycles. The van der Waals surface area contributed by atoms with Gasteiger partial charge in [-0.25, -0.2) is 4.68 Å². The summed E-state index contributed by atoms with van der Waals surface area (Å²) in [5, 5.41) is 7.24. The molecule has 7 nitrogen and oxygen atoms in total. The number of aromatic nitrogens is 6. The number of hydrogen-bond donors (Lipinski definition) is 1. The minimum Gasteiger partial charge on any atom is -0.349 e. The van der Waals surface area contributed by atoms with Crippen molar-refractivity contribution in [3.8, 4) is 5.95 Å². The minimum absolute atomic E-state index is 0.118. The summed E-state index contributed by atoms with van der Waals surface area (Å²) in [5.74, 6) is 0.774. The normalized spacial score (nSPS) is 10.6. The lowest BCUT2D eigenvalue weighted by atomic mass is 10.5. The number of nitrogens with one attached hydrogen (secondary N) is 1. The number of rotatable bonds is 4. The van der Waals surface area contributed by atoms with E-state index < -0.39 is 0 Å². The van der Waals surface area contributed by atoms with Gasteiger partial charge in [-0.15, -0.1) is 11.3 Å². The molecule has 19 heavy (non-hydrogen) atoms. The Morgan fingerprint density at radius 2 is 2.26 bits per heavy atom. The van der Waals surface area contributed by atoms with E-state index in [-0.39, 0.29) is 5.28 Å². The molecule has 0 saturated heterocycles. The predicted octanol–water partition coefficient (Wildman–Crippen LogP) is 1.78. The van der Waals surface area contributed by atoms with Gasteiger partial charge >= 0.3 is 0 Å². The summed E-state index contributed by atoms with van der Waals surface area (Å²) in [6.07, 6.45) is 5.16. The van der Waals surface area contributed by atoms with Crippen LogP contribution in [0.2, 0.25) is 5.28 Å². The molecule has 0 bridgehead atoms. The molecular formula is C10H8ClN7S. The van der Waals surface area contributed by atoms with E-state index >= 15 is 0 Å². The fourth-order valence-corrected chi connectivity index (χ4v) is 2.09. The third-order valence-electron chi connectivity index (χ3n) is 2.21. The van der Waals surface area contributed by atoms with E-state index in [1.807, 2.05) is 0 Å². The first-order chi connectivity index (χ1) is 9.31. The highest BCUT2D eigenvalue weighted by molar-refractivity contribution is 7.09. The van der Waals surface area contributed by atoms with Crippen molar-refractivity contribution in [3.05, 3.63) is 40.3 Å².